The average Bonchev–Trinajstić information content (AvgIpc) is 3.11. The van der Waals surface area contributed by atoms with Crippen LogP contribution < -0.4 is 15.6 Å². The van der Waals surface area contributed by atoms with Gasteiger partial charge in [-0.2, -0.15) is 0 Å². The van der Waals surface area contributed by atoms with E-state index in [9.17, 15) is 9.59 Å². The van der Waals surface area contributed by atoms with Crippen molar-refractivity contribution in [3.05, 3.63) is 58.4 Å². The van der Waals surface area contributed by atoms with E-state index < -0.39 is 0 Å². The molecule has 0 saturated heterocycles. The van der Waals surface area contributed by atoms with Crippen LogP contribution in [0, 0.1) is 0 Å². The summed E-state index contributed by atoms with van der Waals surface area (Å²) in [7, 11) is 1.59. The summed E-state index contributed by atoms with van der Waals surface area (Å²) in [6.07, 6.45) is 0. The molecule has 0 spiro atoms. The Balaban J connectivity index is 1.65. The molecule has 1 N–H and O–H groups in total. The number of aromatic nitrogens is 2. The Bertz CT molecular complexity index is 1030. The Morgan fingerprint density at radius 1 is 1.24 bits per heavy atom. The van der Waals surface area contributed by atoms with Gasteiger partial charge in [-0.3, -0.25) is 14.2 Å². The fraction of sp³-hybridized carbons (Fsp3) is 0.167. The number of amides is 1. The molecule has 0 saturated carbocycles. The fourth-order valence-corrected chi connectivity index (χ4v) is 3.70. The number of carbonyl (C=O) groups is 1. The Morgan fingerprint density at radius 3 is 2.80 bits per heavy atom. The van der Waals surface area contributed by atoms with E-state index in [1.54, 1.807) is 65.9 Å². The van der Waals surface area contributed by atoms with Crippen molar-refractivity contribution in [1.29, 1.82) is 0 Å². The minimum Gasteiger partial charge on any atom is -0.497 e. The first kappa shape index (κ1) is 15.7. The summed E-state index contributed by atoms with van der Waals surface area (Å²) in [5, 5.41) is 4.08. The van der Waals surface area contributed by atoms with E-state index in [1.807, 2.05) is 0 Å². The van der Waals surface area contributed by atoms with E-state index >= 15 is 0 Å². The van der Waals surface area contributed by atoms with Crippen LogP contribution in [-0.4, -0.2) is 28.3 Å². The fourth-order valence-electron chi connectivity index (χ4n) is 2.76. The van der Waals surface area contributed by atoms with E-state index in [4.69, 9.17) is 4.74 Å². The largest absolute Gasteiger partial charge is 0.497 e. The molecule has 3 aromatic rings. The summed E-state index contributed by atoms with van der Waals surface area (Å²) in [4.78, 5) is 29.4. The van der Waals surface area contributed by atoms with Gasteiger partial charge < -0.3 is 10.1 Å². The lowest BCUT2D eigenvalue weighted by Crippen LogP contribution is -2.21. The molecule has 0 atom stereocenters. The minimum atomic E-state index is -0.248. The molecule has 1 aliphatic rings. The molecule has 1 amide bonds. The maximum atomic E-state index is 12.5. The lowest BCUT2D eigenvalue weighted by molar-refractivity contribution is 0.102. The molecule has 0 radical (unpaired) electrons. The first-order chi connectivity index (χ1) is 12.2. The summed E-state index contributed by atoms with van der Waals surface area (Å²) in [5.41, 5.74) is 1.63. The molecular weight excluding hydrogens is 338 g/mol. The number of fused-ring (bicyclic) bond motifs is 2. The van der Waals surface area contributed by atoms with Crippen molar-refractivity contribution in [2.75, 3.05) is 18.2 Å². The van der Waals surface area contributed by atoms with Gasteiger partial charge in [-0.1, -0.05) is 11.8 Å². The van der Waals surface area contributed by atoms with Crippen LogP contribution in [0.25, 0.3) is 10.9 Å². The number of methoxy groups -OCH3 is 1. The first-order valence-corrected chi connectivity index (χ1v) is 8.77. The van der Waals surface area contributed by atoms with Crippen molar-refractivity contribution >= 4 is 34.3 Å². The molecule has 0 aliphatic carbocycles. The number of rotatable bonds is 3. The average molecular weight is 353 g/mol. The maximum Gasteiger partial charge on any atom is 0.262 e. The van der Waals surface area contributed by atoms with Crippen LogP contribution >= 0.6 is 11.8 Å². The molecular formula is C18H15N3O3S. The summed E-state index contributed by atoms with van der Waals surface area (Å²) < 4.78 is 6.78. The molecule has 4 rings (SSSR count). The Hall–Kier alpha value is -2.80. The third-order valence-electron chi connectivity index (χ3n) is 4.08. The highest BCUT2D eigenvalue weighted by atomic mass is 32.2. The summed E-state index contributed by atoms with van der Waals surface area (Å²) in [6, 6.07) is 12.1. The molecule has 25 heavy (non-hydrogen) atoms. The molecule has 0 unspecified atom stereocenters. The molecule has 0 fully saturated rings. The Morgan fingerprint density at radius 2 is 2.04 bits per heavy atom. The number of ether oxygens (including phenoxy) is 1. The van der Waals surface area contributed by atoms with Crippen LogP contribution in [-0.2, 0) is 6.54 Å². The Labute approximate surface area is 147 Å². The first-order valence-electron chi connectivity index (χ1n) is 7.78. The predicted molar refractivity (Wildman–Crippen MR) is 97.7 cm³/mol. The predicted octanol–water partition coefficient (Wildman–Crippen LogP) is 2.76. The second kappa shape index (κ2) is 6.25. The van der Waals surface area contributed by atoms with E-state index in [-0.39, 0.29) is 11.5 Å². The number of nitrogens with zero attached hydrogens (tertiary/aromatic N) is 2. The number of benzene rings is 2. The van der Waals surface area contributed by atoms with E-state index in [0.29, 0.717) is 33.9 Å². The zero-order valence-electron chi connectivity index (χ0n) is 13.5. The monoisotopic (exact) mass is 353 g/mol. The SMILES string of the molecule is COc1ccc(NC(=O)c2ccc3c(=O)n4c(nc3c2)SCC4)cc1. The van der Waals surface area contributed by atoms with Crippen LogP contribution in [0.3, 0.4) is 0 Å². The highest BCUT2D eigenvalue weighted by molar-refractivity contribution is 7.99. The molecule has 1 aliphatic heterocycles. The van der Waals surface area contributed by atoms with Crippen LogP contribution in [0.5, 0.6) is 5.75 Å². The highest BCUT2D eigenvalue weighted by Crippen LogP contribution is 2.24. The van der Waals surface area contributed by atoms with Gasteiger partial charge in [-0.25, -0.2) is 4.98 Å². The summed E-state index contributed by atoms with van der Waals surface area (Å²) in [5.74, 6) is 1.32. The number of nitrogens with one attached hydrogen (secondary N) is 1. The van der Waals surface area contributed by atoms with Crippen molar-refractivity contribution < 1.29 is 9.53 Å². The normalized spacial score (nSPS) is 12.8. The topological polar surface area (TPSA) is 73.2 Å². The smallest absolute Gasteiger partial charge is 0.262 e. The zero-order chi connectivity index (χ0) is 17.4. The minimum absolute atomic E-state index is 0.0490. The number of thioether (sulfide) groups is 1. The third kappa shape index (κ3) is 2.87. The molecule has 6 nitrogen and oxygen atoms in total. The van der Waals surface area contributed by atoms with Crippen molar-refractivity contribution in [3.63, 3.8) is 0 Å². The van der Waals surface area contributed by atoms with Crippen LogP contribution in [0.1, 0.15) is 10.4 Å². The van der Waals surface area contributed by atoms with Crippen LogP contribution in [0.4, 0.5) is 5.69 Å². The van der Waals surface area contributed by atoms with Gasteiger partial charge in [-0.05, 0) is 42.5 Å². The molecule has 126 valence electrons. The van der Waals surface area contributed by atoms with Gasteiger partial charge >= 0.3 is 0 Å². The van der Waals surface area contributed by atoms with Crippen LogP contribution in [0.15, 0.2) is 52.4 Å². The maximum absolute atomic E-state index is 12.5. The number of hydrogen-bond donors (Lipinski definition) is 1. The molecule has 0 bridgehead atoms. The van der Waals surface area contributed by atoms with E-state index in [0.717, 1.165) is 11.5 Å². The molecule has 2 aromatic carbocycles. The van der Waals surface area contributed by atoms with Gasteiger partial charge in [0.2, 0.25) is 0 Å². The van der Waals surface area contributed by atoms with Gasteiger partial charge in [0.1, 0.15) is 5.75 Å². The second-order valence-corrected chi connectivity index (χ2v) is 6.68. The van der Waals surface area contributed by atoms with E-state index in [2.05, 4.69) is 10.3 Å². The highest BCUT2D eigenvalue weighted by Gasteiger charge is 2.17. The number of anilines is 1. The summed E-state index contributed by atoms with van der Waals surface area (Å²) >= 11 is 1.56. The van der Waals surface area contributed by atoms with Gasteiger partial charge in [0.05, 0.1) is 18.0 Å². The van der Waals surface area contributed by atoms with Gasteiger partial charge in [0.15, 0.2) is 5.16 Å². The van der Waals surface area contributed by atoms with Crippen LogP contribution in [0.2, 0.25) is 0 Å². The van der Waals surface area contributed by atoms with Crippen molar-refractivity contribution in [1.82, 2.24) is 9.55 Å². The molecule has 2 heterocycles. The van der Waals surface area contributed by atoms with Crippen molar-refractivity contribution in [3.8, 4) is 5.75 Å². The second-order valence-electron chi connectivity index (χ2n) is 5.61. The lowest BCUT2D eigenvalue weighted by atomic mass is 10.1. The Kier molecular flexibility index (Phi) is 3.93. The van der Waals surface area contributed by atoms with Gasteiger partial charge in [0, 0.05) is 23.5 Å². The van der Waals surface area contributed by atoms with E-state index in [1.165, 1.54) is 0 Å². The zero-order valence-corrected chi connectivity index (χ0v) is 14.3. The van der Waals surface area contributed by atoms with Crippen molar-refractivity contribution in [2.45, 2.75) is 11.7 Å². The number of carbonyl (C=O) groups excluding carboxylic acids is 1. The van der Waals surface area contributed by atoms with Gasteiger partial charge in [0.25, 0.3) is 11.5 Å². The van der Waals surface area contributed by atoms with Crippen molar-refractivity contribution in [2.24, 2.45) is 0 Å². The quantitative estimate of drug-likeness (QED) is 0.733. The standard InChI is InChI=1S/C18H15N3O3S/c1-24-13-5-3-12(4-6-13)19-16(22)11-2-7-14-15(10-11)20-18-21(17(14)23)8-9-25-18/h2-7,10H,8-9H2,1H3,(H,19,22). The lowest BCUT2D eigenvalue weighted by Gasteiger charge is -2.08. The summed E-state index contributed by atoms with van der Waals surface area (Å²) in [6.45, 7) is 0.682. The van der Waals surface area contributed by atoms with Gasteiger partial charge in [-0.15, -0.1) is 0 Å². The third-order valence-corrected chi connectivity index (χ3v) is 5.03. The molecule has 7 heteroatoms. The molecule has 1 aromatic heterocycles. The number of hydrogen-bond acceptors (Lipinski definition) is 5.